The third kappa shape index (κ3) is 8.77. The average Bonchev–Trinajstić information content (AvgIpc) is 2.54. The summed E-state index contributed by atoms with van der Waals surface area (Å²) in [4.78, 5) is 0. The Morgan fingerprint density at radius 1 is 0.750 bits per heavy atom. The summed E-state index contributed by atoms with van der Waals surface area (Å²) < 4.78 is 31.2. The van der Waals surface area contributed by atoms with Crippen LogP contribution in [0, 0.1) is 0 Å². The van der Waals surface area contributed by atoms with Crippen LogP contribution in [-0.4, -0.2) is 38.4 Å². The van der Waals surface area contributed by atoms with Gasteiger partial charge in [-0.3, -0.25) is 0 Å². The Bertz CT molecular complexity index is 364. The molecule has 0 aliphatic carbocycles. The van der Waals surface area contributed by atoms with Gasteiger partial charge in [0.25, 0.3) is 0 Å². The minimum absolute atomic E-state index is 0.440. The normalized spacial score (nSPS) is 14.5. The van der Waals surface area contributed by atoms with E-state index in [0.29, 0.717) is 13.2 Å². The molecule has 0 aliphatic rings. The molecule has 4 nitrogen and oxygen atoms in total. The van der Waals surface area contributed by atoms with Crippen LogP contribution < -0.4 is 0 Å². The molecule has 24 heavy (non-hydrogen) atoms. The van der Waals surface area contributed by atoms with Crippen LogP contribution in [0.2, 0.25) is 0 Å². The van der Waals surface area contributed by atoms with E-state index in [0.717, 1.165) is 63.4 Å². The number of hydrogen-bond acceptors (Lipinski definition) is 4. The summed E-state index contributed by atoms with van der Waals surface area (Å²) in [6.07, 6.45) is 9.94. The Hall–Kier alpha value is 0.540. The number of phosphoric ester groups is 1. The predicted octanol–water partition coefficient (Wildman–Crippen LogP) is 7.07. The van der Waals surface area contributed by atoms with Crippen molar-refractivity contribution in [2.24, 2.45) is 0 Å². The van der Waals surface area contributed by atoms with Crippen molar-refractivity contribution < 1.29 is 17.9 Å². The van der Waals surface area contributed by atoms with Gasteiger partial charge in [-0.15, -0.1) is 0 Å². The van der Waals surface area contributed by atoms with Crippen LogP contribution in [-0.2, 0) is 17.9 Å². The summed E-state index contributed by atoms with van der Waals surface area (Å²) in [5.74, 6) is 0. The van der Waals surface area contributed by atoms with Crippen molar-refractivity contribution in [2.75, 3.05) is 38.4 Å². The number of unbranched alkanes of at least 4 members (excludes halogenated alkanes) is 3. The van der Waals surface area contributed by atoms with Gasteiger partial charge in [-0.25, -0.2) is 0 Å². The SMILES string of the molecule is CCCCOP(=O)(OCCCC)OP(C)(CC)(CCC)CCCC. The van der Waals surface area contributed by atoms with E-state index in [-0.39, 0.29) is 0 Å². The van der Waals surface area contributed by atoms with E-state index in [2.05, 4.69) is 41.3 Å². The Morgan fingerprint density at radius 3 is 1.62 bits per heavy atom. The Balaban J connectivity index is 5.34. The average molecular weight is 384 g/mol. The first kappa shape index (κ1) is 24.5. The van der Waals surface area contributed by atoms with E-state index in [1.54, 1.807) is 0 Å². The fraction of sp³-hybridized carbons (Fsp3) is 1.00. The van der Waals surface area contributed by atoms with Gasteiger partial charge in [0.2, 0.25) is 0 Å². The van der Waals surface area contributed by atoms with Crippen LogP contribution in [0.15, 0.2) is 0 Å². The summed E-state index contributed by atoms with van der Waals surface area (Å²) in [5, 5.41) is 0. The van der Waals surface area contributed by atoms with Crippen molar-refractivity contribution >= 4 is 14.7 Å². The maximum absolute atomic E-state index is 13.3. The molecule has 148 valence electrons. The van der Waals surface area contributed by atoms with Gasteiger partial charge < -0.3 is 0 Å². The van der Waals surface area contributed by atoms with Gasteiger partial charge in [-0.2, -0.15) is 0 Å². The summed E-state index contributed by atoms with van der Waals surface area (Å²) in [7, 11) is -3.49. The summed E-state index contributed by atoms with van der Waals surface area (Å²) in [6, 6.07) is 0. The summed E-state index contributed by atoms with van der Waals surface area (Å²) in [6.45, 7) is 11.3. The third-order valence-corrected chi connectivity index (χ3v) is 13.6. The Kier molecular flexibility index (Phi) is 12.3. The van der Waals surface area contributed by atoms with E-state index >= 15 is 0 Å². The maximum atomic E-state index is 13.3. The molecule has 0 aromatic rings. The van der Waals surface area contributed by atoms with Gasteiger partial charge in [0.05, 0.1) is 0 Å². The van der Waals surface area contributed by atoms with Crippen LogP contribution in [0.4, 0.5) is 0 Å². The van der Waals surface area contributed by atoms with Crippen LogP contribution in [0.1, 0.15) is 79.6 Å². The van der Waals surface area contributed by atoms with Crippen molar-refractivity contribution in [1.29, 1.82) is 0 Å². The Labute approximate surface area is 151 Å². The molecular weight excluding hydrogens is 342 g/mol. The van der Waals surface area contributed by atoms with Gasteiger partial charge >= 0.3 is 151 Å². The minimum atomic E-state index is -3.49. The molecule has 0 aromatic heterocycles. The monoisotopic (exact) mass is 384 g/mol. The molecule has 0 fully saturated rings. The number of phosphoric acid groups is 1. The molecule has 0 rings (SSSR count). The summed E-state index contributed by atoms with van der Waals surface area (Å²) >= 11 is 0. The zero-order valence-corrected chi connectivity index (χ0v) is 18.8. The summed E-state index contributed by atoms with van der Waals surface area (Å²) in [5.41, 5.74) is 0. The molecule has 0 saturated carbocycles. The molecule has 0 amide bonds. The van der Waals surface area contributed by atoms with E-state index in [1.165, 1.54) is 0 Å². The quantitative estimate of drug-likeness (QED) is 0.211. The predicted molar refractivity (Wildman–Crippen MR) is 109 cm³/mol. The van der Waals surface area contributed by atoms with Crippen LogP contribution in [0.5, 0.6) is 0 Å². The topological polar surface area (TPSA) is 44.8 Å². The molecular formula is C18H42O4P2. The standard InChI is InChI=1S/C18H42O4P2/c1-7-12-15-20-23(19,21-16-13-8-2)22-24(6,11-5,17-10-4)18-14-9-3/h7-18H2,1-6H3. The second kappa shape index (κ2) is 12.0. The van der Waals surface area contributed by atoms with Gasteiger partial charge in [-0.1, -0.05) is 0 Å². The first-order valence-electron chi connectivity index (χ1n) is 9.92. The Morgan fingerprint density at radius 2 is 1.25 bits per heavy atom. The molecule has 0 bridgehead atoms. The zero-order chi connectivity index (χ0) is 18.6. The molecule has 0 aliphatic heterocycles. The molecule has 0 aromatic carbocycles. The van der Waals surface area contributed by atoms with Crippen LogP contribution >= 0.6 is 14.7 Å². The second-order valence-corrected chi connectivity index (χ2v) is 15.2. The number of hydrogen-bond donors (Lipinski definition) is 0. The van der Waals surface area contributed by atoms with Gasteiger partial charge in [-0.05, 0) is 0 Å². The third-order valence-electron chi connectivity index (χ3n) is 4.74. The first-order chi connectivity index (χ1) is 11.3. The van der Waals surface area contributed by atoms with Crippen molar-refractivity contribution in [3.8, 4) is 0 Å². The van der Waals surface area contributed by atoms with Crippen LogP contribution in [0.25, 0.3) is 0 Å². The number of rotatable bonds is 16. The molecule has 0 N–H and O–H groups in total. The molecule has 0 atom stereocenters. The molecule has 0 saturated heterocycles. The second-order valence-electron chi connectivity index (χ2n) is 7.21. The van der Waals surface area contributed by atoms with E-state index in [1.807, 2.05) is 0 Å². The van der Waals surface area contributed by atoms with Gasteiger partial charge in [0, 0.05) is 0 Å². The van der Waals surface area contributed by atoms with Crippen molar-refractivity contribution in [3.63, 3.8) is 0 Å². The van der Waals surface area contributed by atoms with E-state index in [9.17, 15) is 4.57 Å². The molecule has 6 heteroatoms. The van der Waals surface area contributed by atoms with Crippen molar-refractivity contribution in [2.45, 2.75) is 79.6 Å². The first-order valence-corrected chi connectivity index (χ1v) is 14.5. The van der Waals surface area contributed by atoms with Gasteiger partial charge in [0.15, 0.2) is 0 Å². The van der Waals surface area contributed by atoms with Crippen LogP contribution in [0.3, 0.4) is 0 Å². The van der Waals surface area contributed by atoms with Gasteiger partial charge in [0.1, 0.15) is 0 Å². The van der Waals surface area contributed by atoms with E-state index in [4.69, 9.17) is 13.4 Å². The zero-order valence-electron chi connectivity index (χ0n) is 17.0. The molecule has 0 radical (unpaired) electrons. The van der Waals surface area contributed by atoms with Crippen molar-refractivity contribution in [3.05, 3.63) is 0 Å². The molecule has 0 unspecified atom stereocenters. The fourth-order valence-corrected chi connectivity index (χ4v) is 10.9. The van der Waals surface area contributed by atoms with Crippen molar-refractivity contribution in [1.82, 2.24) is 0 Å². The fourth-order valence-electron chi connectivity index (χ4n) is 2.84. The molecule has 0 heterocycles. The van der Waals surface area contributed by atoms with E-state index < -0.39 is 14.7 Å². The molecule has 0 spiro atoms.